The van der Waals surface area contributed by atoms with Crippen LogP contribution in [-0.2, 0) is 12.9 Å². The fourth-order valence-corrected chi connectivity index (χ4v) is 0.872. The molecule has 0 fully saturated rings. The lowest BCUT2D eigenvalue weighted by molar-refractivity contribution is -0.140. The van der Waals surface area contributed by atoms with Gasteiger partial charge in [0.15, 0.2) is 0 Å². The second-order valence-electron chi connectivity index (χ2n) is 2.45. The average Bonchev–Trinajstić information content (AvgIpc) is 2.01. The third kappa shape index (κ3) is 2.17. The summed E-state index contributed by atoms with van der Waals surface area (Å²) in [4.78, 5) is 0. The summed E-state index contributed by atoms with van der Waals surface area (Å²) in [6.07, 6.45) is -4.72. The van der Waals surface area contributed by atoms with Gasteiger partial charge in [0.2, 0.25) is 0 Å². The predicted molar refractivity (Wildman–Crippen MR) is 36.2 cm³/mol. The summed E-state index contributed by atoms with van der Waals surface area (Å²) >= 11 is 0. The number of hydrogen-bond acceptors (Lipinski definition) is 0. The molecule has 13 heavy (non-hydrogen) atoms. The van der Waals surface area contributed by atoms with Crippen molar-refractivity contribution in [3.63, 3.8) is 0 Å². The molecule has 0 unspecified atom stereocenters. The van der Waals surface area contributed by atoms with Crippen LogP contribution >= 0.6 is 0 Å². The highest BCUT2D eigenvalue weighted by Gasteiger charge is 2.33. The maximum Gasteiger partial charge on any atom is 0.419 e. The van der Waals surface area contributed by atoms with Crippen molar-refractivity contribution in [2.24, 2.45) is 0 Å². The van der Waals surface area contributed by atoms with Crippen molar-refractivity contribution >= 4 is 0 Å². The minimum Gasteiger partial charge on any atom is -0.246 e. The molecule has 0 heterocycles. The smallest absolute Gasteiger partial charge is 0.246 e. The zero-order valence-electron chi connectivity index (χ0n) is 6.33. The van der Waals surface area contributed by atoms with Crippen molar-refractivity contribution in [1.29, 1.82) is 0 Å². The van der Waals surface area contributed by atoms with Gasteiger partial charge < -0.3 is 0 Å². The Bertz CT molecular complexity index is 302. The Balaban J connectivity index is 3.13. The van der Waals surface area contributed by atoms with Crippen LogP contribution in [0.4, 0.5) is 22.0 Å². The van der Waals surface area contributed by atoms with Crippen LogP contribution in [0.25, 0.3) is 0 Å². The fraction of sp³-hybridized carbons (Fsp3) is 0.250. The number of alkyl halides is 4. The van der Waals surface area contributed by atoms with E-state index in [2.05, 4.69) is 0 Å². The zero-order valence-corrected chi connectivity index (χ0v) is 6.33. The first-order valence-electron chi connectivity index (χ1n) is 3.36. The van der Waals surface area contributed by atoms with E-state index in [9.17, 15) is 22.0 Å². The van der Waals surface area contributed by atoms with Gasteiger partial charge in [-0.2, -0.15) is 13.2 Å². The first-order valence-corrected chi connectivity index (χ1v) is 3.36. The predicted octanol–water partition coefficient (Wildman–Crippen LogP) is 3.31. The Morgan fingerprint density at radius 3 is 2.15 bits per heavy atom. The molecule has 0 atom stereocenters. The molecule has 5 heteroatoms. The van der Waals surface area contributed by atoms with E-state index in [0.29, 0.717) is 12.1 Å². The van der Waals surface area contributed by atoms with Gasteiger partial charge in [0.05, 0.1) is 5.56 Å². The van der Waals surface area contributed by atoms with Gasteiger partial charge in [-0.1, -0.05) is 6.07 Å². The highest BCUT2D eigenvalue weighted by Crippen LogP contribution is 2.31. The minimum absolute atomic E-state index is 0.106. The molecule has 0 aliphatic carbocycles. The van der Waals surface area contributed by atoms with Crippen molar-refractivity contribution in [1.82, 2.24) is 0 Å². The van der Waals surface area contributed by atoms with Gasteiger partial charge >= 0.3 is 6.18 Å². The summed E-state index contributed by atoms with van der Waals surface area (Å²) in [5, 5.41) is 0. The normalized spacial score (nSPS) is 11.8. The zero-order chi connectivity index (χ0) is 10.1. The highest BCUT2D eigenvalue weighted by atomic mass is 19.4. The van der Waals surface area contributed by atoms with Crippen LogP contribution in [0.1, 0.15) is 11.1 Å². The lowest BCUT2D eigenvalue weighted by atomic mass is 10.1. The molecule has 1 aromatic carbocycles. The molecule has 1 aromatic rings. The summed E-state index contributed by atoms with van der Waals surface area (Å²) in [5.41, 5.74) is -1.48. The summed E-state index contributed by atoms with van der Waals surface area (Å²) < 4.78 is 60.4. The molecular weight excluding hydrogens is 191 g/mol. The molecule has 0 radical (unpaired) electrons. The Kier molecular flexibility index (Phi) is 2.54. The van der Waals surface area contributed by atoms with E-state index in [4.69, 9.17) is 0 Å². The Morgan fingerprint density at radius 2 is 1.77 bits per heavy atom. The first-order chi connectivity index (χ1) is 5.95. The molecule has 0 aliphatic heterocycles. The Hall–Kier alpha value is -1.13. The Morgan fingerprint density at radius 1 is 1.15 bits per heavy atom. The van der Waals surface area contributed by atoms with Crippen LogP contribution in [-0.4, -0.2) is 0 Å². The van der Waals surface area contributed by atoms with E-state index < -0.39 is 24.2 Å². The van der Waals surface area contributed by atoms with E-state index in [1.807, 2.05) is 0 Å². The van der Waals surface area contributed by atoms with Crippen molar-refractivity contribution in [3.8, 4) is 0 Å². The largest absolute Gasteiger partial charge is 0.419 e. The molecule has 72 valence electrons. The summed E-state index contributed by atoms with van der Waals surface area (Å²) in [6.45, 7) is -0.977. The van der Waals surface area contributed by atoms with Crippen LogP contribution in [0.2, 0.25) is 0 Å². The van der Waals surface area contributed by atoms with E-state index in [-0.39, 0.29) is 5.56 Å². The topological polar surface area (TPSA) is 0 Å². The fourth-order valence-electron chi connectivity index (χ4n) is 0.872. The number of halogens is 5. The van der Waals surface area contributed by atoms with Gasteiger partial charge in [-0.3, -0.25) is 0 Å². The van der Waals surface area contributed by atoms with Gasteiger partial charge in [0.1, 0.15) is 12.5 Å². The molecule has 0 saturated carbocycles. The average molecular weight is 196 g/mol. The van der Waals surface area contributed by atoms with Crippen molar-refractivity contribution in [3.05, 3.63) is 35.1 Å². The van der Waals surface area contributed by atoms with Crippen LogP contribution < -0.4 is 0 Å². The molecule has 0 bridgehead atoms. The molecule has 0 aromatic heterocycles. The second kappa shape index (κ2) is 3.32. The Labute approximate surface area is 71.0 Å². The third-order valence-electron chi connectivity index (χ3n) is 1.49. The maximum absolute atomic E-state index is 12.6. The molecule has 0 nitrogen and oxygen atoms in total. The third-order valence-corrected chi connectivity index (χ3v) is 1.49. The van der Waals surface area contributed by atoms with Gasteiger partial charge in [-0.05, 0) is 17.7 Å². The number of benzene rings is 1. The van der Waals surface area contributed by atoms with Gasteiger partial charge in [0, 0.05) is 0 Å². The molecule has 1 rings (SSSR count). The standard InChI is InChI=1S/C8H5F5/c9-4-5-1-2-6(7(10)3-5)8(11,12)13/h1-3H,4H2. The number of rotatable bonds is 1. The van der Waals surface area contributed by atoms with E-state index in [1.54, 1.807) is 0 Å². The molecule has 0 aliphatic rings. The lowest BCUT2D eigenvalue weighted by Crippen LogP contribution is -2.08. The summed E-state index contributed by atoms with van der Waals surface area (Å²) in [6, 6.07) is 1.99. The lowest BCUT2D eigenvalue weighted by Gasteiger charge is -2.07. The summed E-state index contributed by atoms with van der Waals surface area (Å²) in [7, 11) is 0. The van der Waals surface area contributed by atoms with Crippen LogP contribution in [0.5, 0.6) is 0 Å². The van der Waals surface area contributed by atoms with Gasteiger partial charge in [0.25, 0.3) is 0 Å². The monoisotopic (exact) mass is 196 g/mol. The van der Waals surface area contributed by atoms with Crippen LogP contribution in [0.15, 0.2) is 18.2 Å². The van der Waals surface area contributed by atoms with Crippen molar-refractivity contribution in [2.75, 3.05) is 0 Å². The van der Waals surface area contributed by atoms with Crippen molar-refractivity contribution < 1.29 is 22.0 Å². The number of hydrogen-bond donors (Lipinski definition) is 0. The highest BCUT2D eigenvalue weighted by molar-refractivity contribution is 5.26. The van der Waals surface area contributed by atoms with E-state index in [0.717, 1.165) is 6.07 Å². The maximum atomic E-state index is 12.6. The first kappa shape index (κ1) is 9.95. The SMILES string of the molecule is FCc1ccc(C(F)(F)F)c(F)c1. The molecule has 0 saturated heterocycles. The quantitative estimate of drug-likeness (QED) is 0.604. The molecule has 0 spiro atoms. The van der Waals surface area contributed by atoms with Crippen LogP contribution in [0.3, 0.4) is 0 Å². The molecule has 0 N–H and O–H groups in total. The van der Waals surface area contributed by atoms with Gasteiger partial charge in [-0.15, -0.1) is 0 Å². The molecular formula is C8H5F5. The van der Waals surface area contributed by atoms with E-state index in [1.165, 1.54) is 0 Å². The summed E-state index contributed by atoms with van der Waals surface area (Å²) in [5.74, 6) is -1.44. The van der Waals surface area contributed by atoms with Gasteiger partial charge in [-0.25, -0.2) is 8.78 Å². The molecule has 0 amide bonds. The van der Waals surface area contributed by atoms with Crippen LogP contribution in [0, 0.1) is 5.82 Å². The second-order valence-corrected chi connectivity index (χ2v) is 2.45. The van der Waals surface area contributed by atoms with Crippen molar-refractivity contribution in [2.45, 2.75) is 12.9 Å². The van der Waals surface area contributed by atoms with E-state index >= 15 is 0 Å². The minimum atomic E-state index is -4.72.